The van der Waals surface area contributed by atoms with Gasteiger partial charge in [-0.25, -0.2) is 0 Å². The van der Waals surface area contributed by atoms with Gasteiger partial charge in [0.25, 0.3) is 0 Å². The molecule has 1 amide bonds. The van der Waals surface area contributed by atoms with E-state index in [0.717, 1.165) is 19.3 Å². The van der Waals surface area contributed by atoms with Crippen LogP contribution in [0.5, 0.6) is 5.75 Å². The van der Waals surface area contributed by atoms with Crippen LogP contribution in [0.3, 0.4) is 0 Å². The number of unbranched alkanes of at least 4 members (excludes halogenated alkanes) is 1. The van der Waals surface area contributed by atoms with Gasteiger partial charge in [0.2, 0.25) is 5.91 Å². The van der Waals surface area contributed by atoms with Crippen molar-refractivity contribution in [2.24, 2.45) is 0 Å². The second-order valence-corrected chi connectivity index (χ2v) is 5.07. The molecular formula is C14H19Cl2NO2. The zero-order chi connectivity index (χ0) is 14.1. The van der Waals surface area contributed by atoms with Gasteiger partial charge in [0, 0.05) is 18.0 Å². The van der Waals surface area contributed by atoms with Gasteiger partial charge in [0.1, 0.15) is 5.75 Å². The fourth-order valence-electron chi connectivity index (χ4n) is 1.50. The van der Waals surface area contributed by atoms with Gasteiger partial charge in [-0.3, -0.25) is 4.79 Å². The second kappa shape index (κ2) is 9.05. The summed E-state index contributed by atoms with van der Waals surface area (Å²) in [5.41, 5.74) is 0. The van der Waals surface area contributed by atoms with Crippen LogP contribution in [-0.4, -0.2) is 19.1 Å². The molecule has 0 saturated carbocycles. The molecule has 0 atom stereocenters. The molecule has 3 nitrogen and oxygen atoms in total. The summed E-state index contributed by atoms with van der Waals surface area (Å²) in [5, 5.41) is 3.94. The van der Waals surface area contributed by atoms with Gasteiger partial charge < -0.3 is 10.1 Å². The normalized spacial score (nSPS) is 10.3. The maximum atomic E-state index is 11.3. The molecule has 0 bridgehead atoms. The molecule has 0 aliphatic rings. The maximum absolute atomic E-state index is 11.3. The number of ether oxygens (including phenoxy) is 1. The lowest BCUT2D eigenvalue weighted by Crippen LogP contribution is -2.25. The highest BCUT2D eigenvalue weighted by atomic mass is 35.5. The lowest BCUT2D eigenvalue weighted by molar-refractivity contribution is -0.121. The Hall–Kier alpha value is -0.930. The Morgan fingerprint density at radius 2 is 2.11 bits per heavy atom. The van der Waals surface area contributed by atoms with Crippen molar-refractivity contribution in [2.75, 3.05) is 13.2 Å². The molecular weight excluding hydrogens is 285 g/mol. The molecule has 0 aromatic heterocycles. The number of amides is 1. The number of halogens is 2. The van der Waals surface area contributed by atoms with Gasteiger partial charge in [-0.1, -0.05) is 36.5 Å². The van der Waals surface area contributed by atoms with Crippen molar-refractivity contribution in [1.29, 1.82) is 0 Å². The fourth-order valence-corrected chi connectivity index (χ4v) is 1.96. The zero-order valence-electron chi connectivity index (χ0n) is 11.0. The van der Waals surface area contributed by atoms with Crippen LogP contribution in [0.15, 0.2) is 18.2 Å². The number of hydrogen-bond donors (Lipinski definition) is 1. The van der Waals surface area contributed by atoms with Crippen LogP contribution in [0.2, 0.25) is 10.0 Å². The molecule has 0 spiro atoms. The minimum Gasteiger partial charge on any atom is -0.492 e. The molecule has 0 saturated heterocycles. The average Bonchev–Trinajstić information content (AvgIpc) is 2.38. The summed E-state index contributed by atoms with van der Waals surface area (Å²) in [6, 6.07) is 5.12. The summed E-state index contributed by atoms with van der Waals surface area (Å²) in [7, 11) is 0. The highest BCUT2D eigenvalue weighted by Crippen LogP contribution is 2.27. The Morgan fingerprint density at radius 3 is 2.79 bits per heavy atom. The van der Waals surface area contributed by atoms with Crippen molar-refractivity contribution in [1.82, 2.24) is 5.32 Å². The Kier molecular flexibility index (Phi) is 7.68. The van der Waals surface area contributed by atoms with E-state index in [1.54, 1.807) is 18.2 Å². The minimum absolute atomic E-state index is 0.103. The number of carbonyl (C=O) groups excluding carboxylic acids is 1. The number of nitrogens with one attached hydrogen (secondary N) is 1. The van der Waals surface area contributed by atoms with Crippen LogP contribution in [-0.2, 0) is 4.79 Å². The summed E-state index contributed by atoms with van der Waals surface area (Å²) in [6.07, 6.45) is 3.31. The molecule has 1 aromatic rings. The van der Waals surface area contributed by atoms with E-state index in [4.69, 9.17) is 27.9 Å². The zero-order valence-corrected chi connectivity index (χ0v) is 12.6. The highest BCUT2D eigenvalue weighted by Gasteiger charge is 2.02. The second-order valence-electron chi connectivity index (χ2n) is 4.23. The minimum atomic E-state index is 0.103. The summed E-state index contributed by atoms with van der Waals surface area (Å²) < 4.78 is 5.51. The van der Waals surface area contributed by atoms with Gasteiger partial charge in [0.15, 0.2) is 0 Å². The first-order chi connectivity index (χ1) is 9.13. The standard InChI is InChI=1S/C14H19Cl2NO2/c1-2-3-5-14(18)17-8-4-9-19-13-7-6-11(15)10-12(13)16/h6-7,10H,2-5,8-9H2,1H3,(H,17,18). The van der Waals surface area contributed by atoms with E-state index in [-0.39, 0.29) is 5.91 Å². The van der Waals surface area contributed by atoms with Crippen LogP contribution in [0.1, 0.15) is 32.6 Å². The Bertz CT molecular complexity index is 410. The van der Waals surface area contributed by atoms with Crippen molar-refractivity contribution in [3.05, 3.63) is 28.2 Å². The summed E-state index contributed by atoms with van der Waals surface area (Å²) in [6.45, 7) is 3.19. The van der Waals surface area contributed by atoms with Crippen LogP contribution >= 0.6 is 23.2 Å². The molecule has 1 rings (SSSR count). The average molecular weight is 304 g/mol. The lowest BCUT2D eigenvalue weighted by atomic mass is 10.2. The van der Waals surface area contributed by atoms with Crippen molar-refractivity contribution in [2.45, 2.75) is 32.6 Å². The van der Waals surface area contributed by atoms with E-state index >= 15 is 0 Å². The van der Waals surface area contributed by atoms with Gasteiger partial charge in [0.05, 0.1) is 11.6 Å². The molecule has 0 aliphatic heterocycles. The van der Waals surface area contributed by atoms with E-state index in [9.17, 15) is 4.79 Å². The molecule has 5 heteroatoms. The van der Waals surface area contributed by atoms with Crippen LogP contribution in [0, 0.1) is 0 Å². The predicted octanol–water partition coefficient (Wildman–Crippen LogP) is 4.07. The summed E-state index contributed by atoms with van der Waals surface area (Å²) in [4.78, 5) is 11.3. The third-order valence-corrected chi connectivity index (χ3v) is 3.08. The van der Waals surface area contributed by atoms with Crippen LogP contribution in [0.4, 0.5) is 0 Å². The van der Waals surface area contributed by atoms with Gasteiger partial charge in [-0.05, 0) is 31.0 Å². The third kappa shape index (κ3) is 6.69. The first-order valence-electron chi connectivity index (χ1n) is 6.48. The smallest absolute Gasteiger partial charge is 0.219 e. The number of hydrogen-bond acceptors (Lipinski definition) is 2. The van der Waals surface area contributed by atoms with Crippen molar-refractivity contribution >= 4 is 29.1 Å². The molecule has 1 N–H and O–H groups in total. The van der Waals surface area contributed by atoms with Crippen molar-refractivity contribution in [3.63, 3.8) is 0 Å². The summed E-state index contributed by atoms with van der Waals surface area (Å²) >= 11 is 11.8. The predicted molar refractivity (Wildman–Crippen MR) is 79.1 cm³/mol. The highest BCUT2D eigenvalue weighted by molar-refractivity contribution is 6.35. The van der Waals surface area contributed by atoms with Gasteiger partial charge in [-0.15, -0.1) is 0 Å². The Morgan fingerprint density at radius 1 is 1.32 bits per heavy atom. The molecule has 1 aromatic carbocycles. The Balaban J connectivity index is 2.15. The maximum Gasteiger partial charge on any atom is 0.219 e. The van der Waals surface area contributed by atoms with E-state index < -0.39 is 0 Å². The van der Waals surface area contributed by atoms with E-state index in [0.29, 0.717) is 35.4 Å². The molecule has 0 heterocycles. The topological polar surface area (TPSA) is 38.3 Å². The number of rotatable bonds is 8. The largest absolute Gasteiger partial charge is 0.492 e. The molecule has 19 heavy (non-hydrogen) atoms. The first-order valence-corrected chi connectivity index (χ1v) is 7.23. The molecule has 0 unspecified atom stereocenters. The monoisotopic (exact) mass is 303 g/mol. The number of benzene rings is 1. The Labute approximate surface area is 124 Å². The van der Waals surface area contributed by atoms with E-state index in [1.165, 1.54) is 0 Å². The van der Waals surface area contributed by atoms with Crippen LogP contribution < -0.4 is 10.1 Å². The first kappa shape index (κ1) is 16.1. The van der Waals surface area contributed by atoms with E-state index in [1.807, 2.05) is 0 Å². The molecule has 0 radical (unpaired) electrons. The van der Waals surface area contributed by atoms with Gasteiger partial charge in [-0.2, -0.15) is 0 Å². The quantitative estimate of drug-likeness (QED) is 0.735. The molecule has 106 valence electrons. The van der Waals surface area contributed by atoms with E-state index in [2.05, 4.69) is 12.2 Å². The van der Waals surface area contributed by atoms with Crippen LogP contribution in [0.25, 0.3) is 0 Å². The third-order valence-electron chi connectivity index (χ3n) is 2.55. The summed E-state index contributed by atoms with van der Waals surface area (Å²) in [5.74, 6) is 0.717. The number of carbonyl (C=O) groups is 1. The van der Waals surface area contributed by atoms with Crippen molar-refractivity contribution < 1.29 is 9.53 Å². The molecule has 0 fully saturated rings. The fraction of sp³-hybridized carbons (Fsp3) is 0.500. The van der Waals surface area contributed by atoms with Gasteiger partial charge >= 0.3 is 0 Å². The van der Waals surface area contributed by atoms with Crippen molar-refractivity contribution in [3.8, 4) is 5.75 Å². The lowest BCUT2D eigenvalue weighted by Gasteiger charge is -2.09. The SMILES string of the molecule is CCCCC(=O)NCCCOc1ccc(Cl)cc1Cl. The molecule has 0 aliphatic carbocycles.